The molecule has 15 heavy (non-hydrogen) atoms. The minimum atomic E-state index is 0.0184. The van der Waals surface area contributed by atoms with Crippen LogP contribution in [-0.4, -0.2) is 22.0 Å². The van der Waals surface area contributed by atoms with Gasteiger partial charge < -0.3 is 11.1 Å². The van der Waals surface area contributed by atoms with E-state index < -0.39 is 0 Å². The molecule has 1 unspecified atom stereocenters. The van der Waals surface area contributed by atoms with E-state index >= 15 is 0 Å². The molecule has 0 aromatic carbocycles. The number of nitrogens with two attached hydrogens (primary N) is 1. The summed E-state index contributed by atoms with van der Waals surface area (Å²) in [6.07, 6.45) is 3.91. The molecule has 6 heteroatoms. The van der Waals surface area contributed by atoms with Gasteiger partial charge in [-0.05, 0) is 25.3 Å². The molecule has 5 nitrogen and oxygen atoms in total. The van der Waals surface area contributed by atoms with Gasteiger partial charge in [0.2, 0.25) is 5.91 Å². The molecule has 0 aliphatic rings. The van der Waals surface area contributed by atoms with Crippen LogP contribution >= 0.6 is 11.5 Å². The van der Waals surface area contributed by atoms with Gasteiger partial charge >= 0.3 is 0 Å². The molecule has 0 spiro atoms. The van der Waals surface area contributed by atoms with Crippen LogP contribution in [0.4, 0.5) is 5.00 Å². The standard InChI is InChI=1S/C9H16N4OS/c1-7(4-5-10)2-3-8(14)12-9-6-11-13-15-9/h6-7H,2-5,10H2,1H3,(H,12,14). The monoisotopic (exact) mass is 228 g/mol. The second-order valence-electron chi connectivity index (χ2n) is 3.55. The van der Waals surface area contributed by atoms with Crippen LogP contribution in [0, 0.1) is 5.92 Å². The zero-order valence-corrected chi connectivity index (χ0v) is 9.59. The predicted molar refractivity (Wildman–Crippen MR) is 60.6 cm³/mol. The van der Waals surface area contributed by atoms with Crippen LogP contribution in [-0.2, 0) is 4.79 Å². The van der Waals surface area contributed by atoms with Crippen LogP contribution in [0.5, 0.6) is 0 Å². The molecule has 0 bridgehead atoms. The molecule has 1 rings (SSSR count). The number of anilines is 1. The molecular formula is C9H16N4OS. The van der Waals surface area contributed by atoms with Gasteiger partial charge in [0.15, 0.2) is 0 Å². The van der Waals surface area contributed by atoms with Crippen molar-refractivity contribution in [3.8, 4) is 0 Å². The molecule has 0 saturated heterocycles. The first-order valence-corrected chi connectivity index (χ1v) is 5.77. The molecule has 84 valence electrons. The van der Waals surface area contributed by atoms with E-state index in [9.17, 15) is 4.79 Å². The van der Waals surface area contributed by atoms with E-state index in [2.05, 4.69) is 21.8 Å². The van der Waals surface area contributed by atoms with Crippen molar-refractivity contribution in [2.24, 2.45) is 11.7 Å². The summed E-state index contributed by atoms with van der Waals surface area (Å²) in [6.45, 7) is 2.79. The molecular weight excluding hydrogens is 212 g/mol. The van der Waals surface area contributed by atoms with Crippen LogP contribution in [0.25, 0.3) is 0 Å². The summed E-state index contributed by atoms with van der Waals surface area (Å²) in [5, 5.41) is 7.08. The Morgan fingerprint density at radius 2 is 2.47 bits per heavy atom. The molecule has 0 fully saturated rings. The Bertz CT molecular complexity index is 288. The summed E-state index contributed by atoms with van der Waals surface area (Å²) in [5.74, 6) is 0.519. The number of aromatic nitrogens is 2. The highest BCUT2D eigenvalue weighted by Gasteiger charge is 2.07. The number of nitrogens with zero attached hydrogens (tertiary/aromatic N) is 2. The molecule has 1 heterocycles. The van der Waals surface area contributed by atoms with Crippen molar-refractivity contribution in [3.63, 3.8) is 0 Å². The van der Waals surface area contributed by atoms with Gasteiger partial charge in [-0.3, -0.25) is 4.79 Å². The average Bonchev–Trinajstić information content (AvgIpc) is 2.68. The smallest absolute Gasteiger partial charge is 0.225 e. The summed E-state index contributed by atoms with van der Waals surface area (Å²) in [4.78, 5) is 11.4. The minimum absolute atomic E-state index is 0.0184. The fraction of sp³-hybridized carbons (Fsp3) is 0.667. The van der Waals surface area contributed by atoms with Crippen LogP contribution in [0.15, 0.2) is 6.20 Å². The SMILES string of the molecule is CC(CCN)CCC(=O)Nc1cnns1. The summed E-state index contributed by atoms with van der Waals surface area (Å²) in [6, 6.07) is 0. The summed E-state index contributed by atoms with van der Waals surface area (Å²) >= 11 is 1.18. The topological polar surface area (TPSA) is 80.9 Å². The van der Waals surface area contributed by atoms with E-state index in [-0.39, 0.29) is 5.91 Å². The van der Waals surface area contributed by atoms with Crippen molar-refractivity contribution < 1.29 is 4.79 Å². The van der Waals surface area contributed by atoms with E-state index in [0.29, 0.717) is 23.9 Å². The van der Waals surface area contributed by atoms with Gasteiger partial charge in [0, 0.05) is 18.0 Å². The van der Waals surface area contributed by atoms with E-state index in [0.717, 1.165) is 12.8 Å². The molecule has 1 aromatic rings. The predicted octanol–water partition coefficient (Wildman–Crippen LogP) is 1.24. The highest BCUT2D eigenvalue weighted by molar-refractivity contribution is 7.10. The number of hydrogen-bond donors (Lipinski definition) is 2. The van der Waals surface area contributed by atoms with E-state index in [1.165, 1.54) is 11.5 Å². The van der Waals surface area contributed by atoms with Crippen molar-refractivity contribution in [3.05, 3.63) is 6.20 Å². The average molecular weight is 228 g/mol. The van der Waals surface area contributed by atoms with Gasteiger partial charge in [0.05, 0.1) is 6.20 Å². The first-order valence-electron chi connectivity index (χ1n) is 4.99. The molecule has 0 saturated carbocycles. The number of carbonyl (C=O) groups is 1. The maximum Gasteiger partial charge on any atom is 0.225 e. The molecule has 0 radical (unpaired) electrons. The lowest BCUT2D eigenvalue weighted by atomic mass is 10.0. The van der Waals surface area contributed by atoms with Crippen LogP contribution < -0.4 is 11.1 Å². The second kappa shape index (κ2) is 6.47. The largest absolute Gasteiger partial charge is 0.330 e. The molecule has 0 aliphatic heterocycles. The normalized spacial score (nSPS) is 12.4. The number of nitrogens with one attached hydrogen (secondary N) is 1. The third-order valence-corrected chi connectivity index (χ3v) is 2.73. The number of rotatable bonds is 6. The Balaban J connectivity index is 2.19. The van der Waals surface area contributed by atoms with Crippen molar-refractivity contribution in [1.82, 2.24) is 9.59 Å². The fourth-order valence-electron chi connectivity index (χ4n) is 1.23. The second-order valence-corrected chi connectivity index (χ2v) is 4.34. The van der Waals surface area contributed by atoms with Crippen LogP contribution in [0.1, 0.15) is 26.2 Å². The van der Waals surface area contributed by atoms with Gasteiger partial charge in [-0.1, -0.05) is 11.4 Å². The van der Waals surface area contributed by atoms with Crippen molar-refractivity contribution in [2.75, 3.05) is 11.9 Å². The highest BCUT2D eigenvalue weighted by Crippen LogP contribution is 2.12. The lowest BCUT2D eigenvalue weighted by Crippen LogP contribution is -2.13. The molecule has 1 aromatic heterocycles. The zero-order valence-electron chi connectivity index (χ0n) is 8.77. The van der Waals surface area contributed by atoms with Gasteiger partial charge in [-0.25, -0.2) is 0 Å². The Kier molecular flexibility index (Phi) is 5.20. The van der Waals surface area contributed by atoms with E-state index in [4.69, 9.17) is 5.73 Å². The van der Waals surface area contributed by atoms with Crippen molar-refractivity contribution >= 4 is 22.4 Å². The van der Waals surface area contributed by atoms with Gasteiger partial charge in [0.1, 0.15) is 5.00 Å². The molecule has 0 aliphatic carbocycles. The maximum atomic E-state index is 11.4. The van der Waals surface area contributed by atoms with Gasteiger partial charge in [-0.15, -0.1) is 5.10 Å². The van der Waals surface area contributed by atoms with E-state index in [1.54, 1.807) is 6.20 Å². The molecule has 1 atom stereocenters. The lowest BCUT2D eigenvalue weighted by molar-refractivity contribution is -0.116. The van der Waals surface area contributed by atoms with Gasteiger partial charge in [-0.2, -0.15) is 0 Å². The number of amides is 1. The summed E-state index contributed by atoms with van der Waals surface area (Å²) in [5.41, 5.74) is 5.43. The zero-order chi connectivity index (χ0) is 11.1. The van der Waals surface area contributed by atoms with Crippen LogP contribution in [0.2, 0.25) is 0 Å². The van der Waals surface area contributed by atoms with Crippen molar-refractivity contribution in [2.45, 2.75) is 26.2 Å². The Hall–Kier alpha value is -1.01. The number of carbonyl (C=O) groups excluding carboxylic acids is 1. The maximum absolute atomic E-state index is 11.4. The Labute approximate surface area is 93.2 Å². The molecule has 3 N–H and O–H groups in total. The summed E-state index contributed by atoms with van der Waals surface area (Å²) in [7, 11) is 0. The lowest BCUT2D eigenvalue weighted by Gasteiger charge is -2.08. The van der Waals surface area contributed by atoms with Crippen molar-refractivity contribution in [1.29, 1.82) is 0 Å². The molecule has 1 amide bonds. The van der Waals surface area contributed by atoms with Crippen LogP contribution in [0.3, 0.4) is 0 Å². The first-order chi connectivity index (χ1) is 7.22. The summed E-state index contributed by atoms with van der Waals surface area (Å²) < 4.78 is 3.66. The number of hydrogen-bond acceptors (Lipinski definition) is 5. The Morgan fingerprint density at radius 3 is 3.07 bits per heavy atom. The Morgan fingerprint density at radius 1 is 1.67 bits per heavy atom. The third-order valence-electron chi connectivity index (χ3n) is 2.15. The third kappa shape index (κ3) is 4.85. The first kappa shape index (κ1) is 12.1. The minimum Gasteiger partial charge on any atom is -0.330 e. The quantitative estimate of drug-likeness (QED) is 0.767. The van der Waals surface area contributed by atoms with E-state index in [1.807, 2.05) is 0 Å². The van der Waals surface area contributed by atoms with Gasteiger partial charge in [0.25, 0.3) is 0 Å². The fourth-order valence-corrected chi connectivity index (χ4v) is 1.66. The highest BCUT2D eigenvalue weighted by atomic mass is 32.1.